The van der Waals surface area contributed by atoms with Gasteiger partial charge in [-0.3, -0.25) is 4.79 Å². The molecule has 0 aliphatic heterocycles. The Morgan fingerprint density at radius 1 is 1.29 bits per heavy atom. The average Bonchev–Trinajstić information content (AvgIpc) is 2.47. The Labute approximate surface area is 124 Å². The first-order valence-corrected chi connectivity index (χ1v) is 6.52. The number of methoxy groups -OCH3 is 2. The molecule has 0 radical (unpaired) electrons. The number of carbonyl (C=O) groups is 2. The molecule has 0 unspecified atom stereocenters. The maximum atomic E-state index is 11.2. The van der Waals surface area contributed by atoms with Gasteiger partial charge in [-0.15, -0.1) is 0 Å². The van der Waals surface area contributed by atoms with E-state index in [1.165, 1.54) is 20.1 Å². The molecule has 5 nitrogen and oxygen atoms in total. The van der Waals surface area contributed by atoms with Gasteiger partial charge in [-0.05, 0) is 18.6 Å². The molecule has 1 aromatic carbocycles. The zero-order chi connectivity index (χ0) is 15.8. The summed E-state index contributed by atoms with van der Waals surface area (Å²) < 4.78 is 15.0. The summed E-state index contributed by atoms with van der Waals surface area (Å²) in [6.07, 6.45) is 2.95. The van der Waals surface area contributed by atoms with E-state index in [1.807, 2.05) is 25.1 Å². The number of rotatable bonds is 6. The highest BCUT2D eigenvalue weighted by molar-refractivity contribution is 5.82. The van der Waals surface area contributed by atoms with E-state index in [0.717, 1.165) is 11.1 Å². The van der Waals surface area contributed by atoms with Crippen molar-refractivity contribution in [2.24, 2.45) is 0 Å². The highest BCUT2D eigenvalue weighted by Crippen LogP contribution is 2.29. The molecule has 0 aromatic heterocycles. The van der Waals surface area contributed by atoms with Gasteiger partial charge in [0, 0.05) is 24.5 Å². The van der Waals surface area contributed by atoms with Crippen molar-refractivity contribution in [2.45, 2.75) is 19.8 Å². The summed E-state index contributed by atoms with van der Waals surface area (Å²) in [5, 5.41) is 0. The topological polar surface area (TPSA) is 61.8 Å². The largest absolute Gasteiger partial charge is 0.496 e. The molecule has 0 N–H and O–H groups in total. The number of ether oxygens (including phenoxy) is 3. The Hall–Kier alpha value is -2.30. The van der Waals surface area contributed by atoms with Gasteiger partial charge in [0.1, 0.15) is 12.4 Å². The van der Waals surface area contributed by atoms with E-state index in [9.17, 15) is 9.59 Å². The quantitative estimate of drug-likeness (QED) is 0.595. The standard InChI is InChI=1S/C16H20O5/c1-11-5-7-14(15(9-11)19-3)13(10-21-12(2)17)6-8-16(18)20-4/h5-9,13H,10H2,1-4H3/b8-6+/t13-/m0/s1. The second-order valence-electron chi connectivity index (χ2n) is 4.54. The van der Waals surface area contributed by atoms with Crippen LogP contribution in [-0.4, -0.2) is 32.8 Å². The number of carbonyl (C=O) groups excluding carboxylic acids is 2. The lowest BCUT2D eigenvalue weighted by Gasteiger charge is -2.17. The molecule has 0 saturated heterocycles. The van der Waals surface area contributed by atoms with E-state index in [4.69, 9.17) is 9.47 Å². The van der Waals surface area contributed by atoms with Gasteiger partial charge in [0.2, 0.25) is 0 Å². The van der Waals surface area contributed by atoms with Crippen molar-refractivity contribution < 1.29 is 23.8 Å². The van der Waals surface area contributed by atoms with Crippen LogP contribution in [0, 0.1) is 6.92 Å². The lowest BCUT2D eigenvalue weighted by molar-refractivity contribution is -0.141. The van der Waals surface area contributed by atoms with Crippen LogP contribution < -0.4 is 4.74 Å². The molecule has 1 atom stereocenters. The van der Waals surface area contributed by atoms with Crippen LogP contribution in [0.1, 0.15) is 24.0 Å². The summed E-state index contributed by atoms with van der Waals surface area (Å²) in [4.78, 5) is 22.3. The second-order valence-corrected chi connectivity index (χ2v) is 4.54. The molecule has 114 valence electrons. The number of hydrogen-bond acceptors (Lipinski definition) is 5. The van der Waals surface area contributed by atoms with Crippen LogP contribution in [0.25, 0.3) is 0 Å². The third-order valence-corrected chi connectivity index (χ3v) is 2.92. The van der Waals surface area contributed by atoms with Gasteiger partial charge in [-0.2, -0.15) is 0 Å². The molecule has 0 aliphatic rings. The number of hydrogen-bond donors (Lipinski definition) is 0. The van der Waals surface area contributed by atoms with Crippen molar-refractivity contribution in [2.75, 3.05) is 20.8 Å². The molecule has 5 heteroatoms. The van der Waals surface area contributed by atoms with Crippen molar-refractivity contribution >= 4 is 11.9 Å². The molecule has 0 aliphatic carbocycles. The maximum Gasteiger partial charge on any atom is 0.330 e. The lowest BCUT2D eigenvalue weighted by Crippen LogP contribution is -2.11. The molecular formula is C16H20O5. The van der Waals surface area contributed by atoms with Crippen molar-refractivity contribution in [1.29, 1.82) is 0 Å². The Bertz CT molecular complexity index is 533. The van der Waals surface area contributed by atoms with Crippen LogP contribution in [0.4, 0.5) is 0 Å². The van der Waals surface area contributed by atoms with Crippen molar-refractivity contribution in [3.8, 4) is 5.75 Å². The summed E-state index contributed by atoms with van der Waals surface area (Å²) in [6, 6.07) is 5.72. The minimum absolute atomic E-state index is 0.127. The van der Waals surface area contributed by atoms with E-state index >= 15 is 0 Å². The van der Waals surface area contributed by atoms with Gasteiger partial charge in [0.05, 0.1) is 14.2 Å². The third-order valence-electron chi connectivity index (χ3n) is 2.92. The van der Waals surface area contributed by atoms with Gasteiger partial charge in [0.15, 0.2) is 0 Å². The van der Waals surface area contributed by atoms with Gasteiger partial charge in [-0.1, -0.05) is 18.2 Å². The zero-order valence-corrected chi connectivity index (χ0v) is 12.7. The minimum atomic E-state index is -0.464. The van der Waals surface area contributed by atoms with Crippen molar-refractivity contribution in [1.82, 2.24) is 0 Å². The summed E-state index contributed by atoms with van der Waals surface area (Å²) in [5.74, 6) is -0.448. The lowest BCUT2D eigenvalue weighted by atomic mass is 9.97. The van der Waals surface area contributed by atoms with Crippen LogP contribution in [0.5, 0.6) is 5.75 Å². The monoisotopic (exact) mass is 292 g/mol. The summed E-state index contributed by atoms with van der Waals surface area (Å²) >= 11 is 0. The van der Waals surface area contributed by atoms with Crippen LogP contribution in [0.2, 0.25) is 0 Å². The molecule has 21 heavy (non-hydrogen) atoms. The van der Waals surface area contributed by atoms with Crippen molar-refractivity contribution in [3.05, 3.63) is 41.5 Å². The van der Waals surface area contributed by atoms with E-state index < -0.39 is 5.97 Å². The molecule has 0 amide bonds. The molecule has 0 bridgehead atoms. The van der Waals surface area contributed by atoms with Gasteiger partial charge in [-0.25, -0.2) is 4.79 Å². The first kappa shape index (κ1) is 16.8. The van der Waals surface area contributed by atoms with Crippen LogP contribution in [-0.2, 0) is 19.1 Å². The Morgan fingerprint density at radius 2 is 2.00 bits per heavy atom. The van der Waals surface area contributed by atoms with E-state index in [-0.39, 0.29) is 18.5 Å². The van der Waals surface area contributed by atoms with E-state index in [2.05, 4.69) is 4.74 Å². The molecular weight excluding hydrogens is 272 g/mol. The maximum absolute atomic E-state index is 11.2. The highest BCUT2D eigenvalue weighted by atomic mass is 16.5. The first-order chi connectivity index (χ1) is 9.97. The first-order valence-electron chi connectivity index (χ1n) is 6.52. The third kappa shape index (κ3) is 5.30. The normalized spacial score (nSPS) is 12.0. The number of benzene rings is 1. The Balaban J connectivity index is 3.07. The fourth-order valence-electron chi connectivity index (χ4n) is 1.84. The molecule has 0 heterocycles. The summed E-state index contributed by atoms with van der Waals surface area (Å²) in [5.41, 5.74) is 1.89. The average molecular weight is 292 g/mol. The van der Waals surface area contributed by atoms with Crippen LogP contribution in [0.3, 0.4) is 0 Å². The predicted octanol–water partition coefficient (Wildman–Crippen LogP) is 2.38. The molecule has 0 spiro atoms. The number of esters is 2. The summed E-state index contributed by atoms with van der Waals surface area (Å²) in [6.45, 7) is 3.42. The van der Waals surface area contributed by atoms with E-state index in [1.54, 1.807) is 13.2 Å². The molecule has 0 fully saturated rings. The zero-order valence-electron chi connectivity index (χ0n) is 12.7. The van der Waals surface area contributed by atoms with Gasteiger partial charge in [0.25, 0.3) is 0 Å². The Kier molecular flexibility index (Phi) is 6.46. The van der Waals surface area contributed by atoms with Crippen molar-refractivity contribution in [3.63, 3.8) is 0 Å². The van der Waals surface area contributed by atoms with Gasteiger partial charge >= 0.3 is 11.9 Å². The molecule has 1 rings (SSSR count). The predicted molar refractivity (Wildman–Crippen MR) is 78.3 cm³/mol. The molecule has 0 saturated carbocycles. The van der Waals surface area contributed by atoms with E-state index in [0.29, 0.717) is 5.75 Å². The van der Waals surface area contributed by atoms with Crippen LogP contribution in [0.15, 0.2) is 30.4 Å². The number of aryl methyl sites for hydroxylation is 1. The fourth-order valence-corrected chi connectivity index (χ4v) is 1.84. The fraction of sp³-hybridized carbons (Fsp3) is 0.375. The van der Waals surface area contributed by atoms with Crippen LogP contribution >= 0.6 is 0 Å². The highest BCUT2D eigenvalue weighted by Gasteiger charge is 2.16. The summed E-state index contributed by atoms with van der Waals surface area (Å²) in [7, 11) is 2.88. The second kappa shape index (κ2) is 8.09. The molecule has 1 aromatic rings. The minimum Gasteiger partial charge on any atom is -0.496 e. The smallest absolute Gasteiger partial charge is 0.330 e. The Morgan fingerprint density at radius 3 is 2.57 bits per heavy atom. The SMILES string of the molecule is COC(=O)/C=C/[C@@H](COC(C)=O)c1ccc(C)cc1OC. The van der Waals surface area contributed by atoms with Gasteiger partial charge < -0.3 is 14.2 Å².